The van der Waals surface area contributed by atoms with Crippen molar-refractivity contribution < 1.29 is 14.3 Å². The summed E-state index contributed by atoms with van der Waals surface area (Å²) in [6, 6.07) is 19.3. The summed E-state index contributed by atoms with van der Waals surface area (Å²) in [6.07, 6.45) is 3.22. The van der Waals surface area contributed by atoms with Crippen LogP contribution in [0.25, 0.3) is 11.8 Å². The molecular formula is C28H34N4O3. The van der Waals surface area contributed by atoms with Gasteiger partial charge in [0.15, 0.2) is 0 Å². The zero-order valence-electron chi connectivity index (χ0n) is 21.1. The van der Waals surface area contributed by atoms with Crippen LogP contribution < -0.4 is 5.32 Å². The van der Waals surface area contributed by atoms with Gasteiger partial charge in [-0.15, -0.1) is 0 Å². The van der Waals surface area contributed by atoms with E-state index in [1.807, 2.05) is 67.6 Å². The maximum atomic E-state index is 13.1. The third-order valence-electron chi connectivity index (χ3n) is 5.52. The van der Waals surface area contributed by atoms with Crippen molar-refractivity contribution in [2.75, 3.05) is 32.1 Å². The van der Waals surface area contributed by atoms with Gasteiger partial charge in [-0.1, -0.05) is 69.3 Å². The van der Waals surface area contributed by atoms with Crippen LogP contribution in [0.15, 0.2) is 66.7 Å². The Hall–Kier alpha value is -3.71. The molecule has 2 amide bonds. The van der Waals surface area contributed by atoms with Crippen LogP contribution in [0.4, 0.5) is 5.82 Å². The van der Waals surface area contributed by atoms with Gasteiger partial charge in [0.05, 0.1) is 18.0 Å². The van der Waals surface area contributed by atoms with Crippen LogP contribution in [0.3, 0.4) is 0 Å². The maximum Gasteiger partial charge on any atom is 0.247 e. The number of carbonyl (C=O) groups is 2. The Labute approximate surface area is 207 Å². The number of ether oxygens (including phenoxy) is 1. The van der Waals surface area contributed by atoms with E-state index in [2.05, 4.69) is 26.1 Å². The molecule has 3 rings (SSSR count). The molecule has 0 unspecified atom stereocenters. The fourth-order valence-electron chi connectivity index (χ4n) is 3.48. The molecule has 0 spiro atoms. The average Bonchev–Trinajstić information content (AvgIpc) is 3.25. The highest BCUT2D eigenvalue weighted by atomic mass is 16.5. The van der Waals surface area contributed by atoms with Crippen molar-refractivity contribution in [3.05, 3.63) is 83.6 Å². The summed E-state index contributed by atoms with van der Waals surface area (Å²) in [5.41, 5.74) is 3.49. The Morgan fingerprint density at radius 2 is 1.77 bits per heavy atom. The summed E-state index contributed by atoms with van der Waals surface area (Å²) in [4.78, 5) is 27.4. The number of rotatable bonds is 9. The maximum absolute atomic E-state index is 13.1. The molecule has 0 atom stereocenters. The molecule has 0 fully saturated rings. The molecule has 0 bridgehead atoms. The average molecular weight is 475 g/mol. The van der Waals surface area contributed by atoms with Gasteiger partial charge in [-0.2, -0.15) is 5.10 Å². The number of nitrogens with zero attached hydrogens (tertiary/aromatic N) is 3. The van der Waals surface area contributed by atoms with Gasteiger partial charge in [0.2, 0.25) is 11.8 Å². The van der Waals surface area contributed by atoms with Crippen LogP contribution in [-0.2, 0) is 19.7 Å². The minimum Gasteiger partial charge on any atom is -0.383 e. The first-order valence-electron chi connectivity index (χ1n) is 11.7. The predicted molar refractivity (Wildman–Crippen MR) is 140 cm³/mol. The molecule has 35 heavy (non-hydrogen) atoms. The monoisotopic (exact) mass is 474 g/mol. The number of hydrogen-bond acceptors (Lipinski definition) is 4. The largest absolute Gasteiger partial charge is 0.383 e. The fourth-order valence-corrected chi connectivity index (χ4v) is 3.48. The lowest BCUT2D eigenvalue weighted by atomic mass is 9.92. The van der Waals surface area contributed by atoms with Crippen molar-refractivity contribution in [2.45, 2.75) is 33.1 Å². The number of amides is 2. The lowest BCUT2D eigenvalue weighted by Crippen LogP contribution is -2.39. The molecule has 1 N–H and O–H groups in total. The highest BCUT2D eigenvalue weighted by Crippen LogP contribution is 2.27. The van der Waals surface area contributed by atoms with Crippen molar-refractivity contribution in [1.82, 2.24) is 14.7 Å². The molecule has 0 saturated heterocycles. The van der Waals surface area contributed by atoms with Gasteiger partial charge < -0.3 is 15.0 Å². The zero-order valence-corrected chi connectivity index (χ0v) is 21.1. The second kappa shape index (κ2) is 11.6. The summed E-state index contributed by atoms with van der Waals surface area (Å²) in [5, 5.41) is 7.75. The van der Waals surface area contributed by atoms with Gasteiger partial charge in [0.1, 0.15) is 12.4 Å². The fraction of sp³-hybridized carbons (Fsp3) is 0.321. The van der Waals surface area contributed by atoms with E-state index in [1.165, 1.54) is 11.0 Å². The number of hydrogen-bond donors (Lipinski definition) is 1. The summed E-state index contributed by atoms with van der Waals surface area (Å²) < 4.78 is 6.91. The van der Waals surface area contributed by atoms with Crippen LogP contribution in [0.5, 0.6) is 0 Å². The SMILES string of the molecule is COCCN(CC(=O)Nc1cc(C(C)(C)C)nn1-c1ccccc1C)C(=O)/C=C/c1ccccc1. The third-order valence-corrected chi connectivity index (χ3v) is 5.52. The number of aromatic nitrogens is 2. The second-order valence-corrected chi connectivity index (χ2v) is 9.41. The number of carbonyl (C=O) groups excluding carboxylic acids is 2. The standard InChI is InChI=1S/C28H34N4O3/c1-21-11-9-10-14-23(21)32-25(19-24(30-32)28(2,3)4)29-26(33)20-31(17-18-35-5)27(34)16-15-22-12-7-6-8-13-22/h6-16,19H,17-18,20H2,1-5H3,(H,29,33)/b16-15+. The molecule has 7 heteroatoms. The predicted octanol–water partition coefficient (Wildman–Crippen LogP) is 4.61. The zero-order chi connectivity index (χ0) is 25.4. The number of anilines is 1. The summed E-state index contributed by atoms with van der Waals surface area (Å²) in [7, 11) is 1.57. The number of para-hydroxylation sites is 1. The third kappa shape index (κ3) is 7.13. The first-order chi connectivity index (χ1) is 16.7. The lowest BCUT2D eigenvalue weighted by Gasteiger charge is -2.20. The van der Waals surface area contributed by atoms with E-state index in [9.17, 15) is 9.59 Å². The van der Waals surface area contributed by atoms with Gasteiger partial charge in [0.25, 0.3) is 0 Å². The minimum absolute atomic E-state index is 0.106. The van der Waals surface area contributed by atoms with Gasteiger partial charge in [-0.3, -0.25) is 9.59 Å². The second-order valence-electron chi connectivity index (χ2n) is 9.41. The molecule has 1 heterocycles. The van der Waals surface area contributed by atoms with E-state index in [0.29, 0.717) is 19.0 Å². The number of methoxy groups -OCH3 is 1. The van der Waals surface area contributed by atoms with Crippen LogP contribution >= 0.6 is 0 Å². The van der Waals surface area contributed by atoms with Crippen molar-refractivity contribution >= 4 is 23.7 Å². The topological polar surface area (TPSA) is 76.5 Å². The highest BCUT2D eigenvalue weighted by molar-refractivity contribution is 5.97. The van der Waals surface area contributed by atoms with Crippen molar-refractivity contribution in [2.24, 2.45) is 0 Å². The summed E-state index contributed by atoms with van der Waals surface area (Å²) in [5.74, 6) is -0.00482. The molecule has 2 aromatic carbocycles. The van der Waals surface area contributed by atoms with Crippen LogP contribution in [0.1, 0.15) is 37.6 Å². The Morgan fingerprint density at radius 3 is 2.43 bits per heavy atom. The molecule has 0 radical (unpaired) electrons. The van der Waals surface area contributed by atoms with Crippen LogP contribution in [-0.4, -0.2) is 53.3 Å². The number of benzene rings is 2. The molecule has 0 aliphatic heterocycles. The molecule has 3 aromatic rings. The molecule has 0 saturated carbocycles. The first kappa shape index (κ1) is 25.9. The van der Waals surface area contributed by atoms with Gasteiger partial charge in [-0.25, -0.2) is 4.68 Å². The van der Waals surface area contributed by atoms with Gasteiger partial charge in [-0.05, 0) is 30.2 Å². The molecule has 0 aliphatic rings. The van der Waals surface area contributed by atoms with E-state index < -0.39 is 0 Å². The molecule has 1 aromatic heterocycles. The molecular weight excluding hydrogens is 440 g/mol. The number of aryl methyl sites for hydroxylation is 1. The van der Waals surface area contributed by atoms with Crippen molar-refractivity contribution in [3.63, 3.8) is 0 Å². The molecule has 7 nitrogen and oxygen atoms in total. The normalized spacial score (nSPS) is 11.6. The smallest absolute Gasteiger partial charge is 0.247 e. The summed E-state index contributed by atoms with van der Waals surface area (Å²) in [6.45, 7) is 8.75. The van der Waals surface area contributed by atoms with E-state index in [-0.39, 0.29) is 23.8 Å². The summed E-state index contributed by atoms with van der Waals surface area (Å²) >= 11 is 0. The Bertz CT molecular complexity index is 1180. The van der Waals surface area contributed by atoms with E-state index in [4.69, 9.17) is 9.84 Å². The Kier molecular flexibility index (Phi) is 8.60. The minimum atomic E-state index is -0.308. The van der Waals surface area contributed by atoms with Crippen molar-refractivity contribution in [3.8, 4) is 5.69 Å². The highest BCUT2D eigenvalue weighted by Gasteiger charge is 2.23. The van der Waals surface area contributed by atoms with Gasteiger partial charge >= 0.3 is 0 Å². The van der Waals surface area contributed by atoms with E-state index in [1.54, 1.807) is 17.9 Å². The first-order valence-corrected chi connectivity index (χ1v) is 11.7. The molecule has 184 valence electrons. The Morgan fingerprint density at radius 1 is 1.09 bits per heavy atom. The van der Waals surface area contributed by atoms with Gasteiger partial charge in [0, 0.05) is 31.2 Å². The van der Waals surface area contributed by atoms with E-state index in [0.717, 1.165) is 22.5 Å². The Balaban J connectivity index is 1.81. The van der Waals surface area contributed by atoms with Crippen LogP contribution in [0, 0.1) is 6.92 Å². The number of nitrogens with one attached hydrogen (secondary N) is 1. The quantitative estimate of drug-likeness (QED) is 0.460. The van der Waals surface area contributed by atoms with Crippen molar-refractivity contribution in [1.29, 1.82) is 0 Å². The van der Waals surface area contributed by atoms with Crippen LogP contribution in [0.2, 0.25) is 0 Å². The molecule has 0 aliphatic carbocycles. The van der Waals surface area contributed by atoms with E-state index >= 15 is 0 Å². The lowest BCUT2D eigenvalue weighted by molar-refractivity contribution is -0.131.